The molecular weight excluding hydrogens is 316 g/mol. The summed E-state index contributed by atoms with van der Waals surface area (Å²) >= 11 is 0. The van der Waals surface area contributed by atoms with E-state index in [1.54, 1.807) is 18.2 Å². The van der Waals surface area contributed by atoms with E-state index in [1.807, 2.05) is 25.1 Å². The summed E-state index contributed by atoms with van der Waals surface area (Å²) in [4.78, 5) is 14.5. The van der Waals surface area contributed by atoms with Crippen LogP contribution in [0.15, 0.2) is 36.4 Å². The number of ether oxygens (including phenoxy) is 1. The van der Waals surface area contributed by atoms with Crippen LogP contribution in [0, 0.1) is 5.92 Å². The van der Waals surface area contributed by atoms with E-state index >= 15 is 0 Å². The molecule has 1 N–H and O–H groups in total. The number of hydrogen-bond donors (Lipinski definition) is 1. The molecule has 2 aromatic rings. The average molecular weight is 340 g/mol. The summed E-state index contributed by atoms with van der Waals surface area (Å²) in [6, 6.07) is 10.9. The molecule has 1 amide bonds. The van der Waals surface area contributed by atoms with Crippen molar-refractivity contribution in [3.63, 3.8) is 0 Å². The lowest BCUT2D eigenvalue weighted by Gasteiger charge is -2.31. The van der Waals surface area contributed by atoms with Gasteiger partial charge in [0.2, 0.25) is 0 Å². The Labute approximate surface area is 148 Å². The van der Waals surface area contributed by atoms with E-state index in [1.165, 1.54) is 12.8 Å². The molecule has 1 unspecified atom stereocenters. The second-order valence-electron chi connectivity index (χ2n) is 6.38. The third-order valence-electron chi connectivity index (χ3n) is 4.29. The van der Waals surface area contributed by atoms with Crippen molar-refractivity contribution in [3.05, 3.63) is 42.1 Å². The molecule has 132 valence electrons. The zero-order valence-electron chi connectivity index (χ0n) is 14.7. The first-order chi connectivity index (χ1) is 12.2. The summed E-state index contributed by atoms with van der Waals surface area (Å²) in [5.41, 5.74) is 1.01. The minimum absolute atomic E-state index is 0.268. The van der Waals surface area contributed by atoms with Crippen LogP contribution in [0.3, 0.4) is 0 Å². The molecule has 0 spiro atoms. The number of carbonyl (C=O) groups excluding carboxylic acids is 1. The molecule has 6 heteroatoms. The largest absolute Gasteiger partial charge is 0.494 e. The molecule has 3 rings (SSSR count). The fourth-order valence-corrected chi connectivity index (χ4v) is 3.01. The zero-order valence-corrected chi connectivity index (χ0v) is 14.7. The predicted molar refractivity (Wildman–Crippen MR) is 98.2 cm³/mol. The number of hydrogen-bond acceptors (Lipinski definition) is 5. The normalized spacial score (nSPS) is 17.2. The number of benzene rings is 1. The summed E-state index contributed by atoms with van der Waals surface area (Å²) in [5.74, 6) is 2.01. The van der Waals surface area contributed by atoms with Gasteiger partial charge in [0.1, 0.15) is 5.75 Å². The van der Waals surface area contributed by atoms with E-state index in [0.717, 1.165) is 24.7 Å². The highest BCUT2D eigenvalue weighted by Crippen LogP contribution is 2.21. The maximum absolute atomic E-state index is 12.3. The van der Waals surface area contributed by atoms with E-state index in [-0.39, 0.29) is 5.91 Å². The quantitative estimate of drug-likeness (QED) is 0.904. The van der Waals surface area contributed by atoms with Gasteiger partial charge in [-0.3, -0.25) is 4.79 Å². The molecule has 1 atom stereocenters. The molecule has 6 nitrogen and oxygen atoms in total. The first-order valence-corrected chi connectivity index (χ1v) is 8.78. The minimum Gasteiger partial charge on any atom is -0.494 e. The number of anilines is 2. The van der Waals surface area contributed by atoms with E-state index < -0.39 is 0 Å². The Bertz CT molecular complexity index is 700. The summed E-state index contributed by atoms with van der Waals surface area (Å²) in [5, 5.41) is 11.1. The monoisotopic (exact) mass is 340 g/mol. The third-order valence-corrected chi connectivity index (χ3v) is 4.29. The number of aromatic nitrogens is 2. The number of nitrogens with zero attached hydrogens (tertiary/aromatic N) is 3. The number of nitrogens with one attached hydrogen (secondary N) is 1. The number of carbonyl (C=O) groups is 1. The lowest BCUT2D eigenvalue weighted by molar-refractivity contribution is 0.102. The van der Waals surface area contributed by atoms with E-state index in [0.29, 0.717) is 23.9 Å². The standard InChI is InChI=1S/C19H24N4O2/c1-3-25-16-8-6-15(7-9-16)20-19(24)17-10-11-18(22-21-17)23-12-4-5-14(2)13-23/h6-11,14H,3-5,12-13H2,1-2H3,(H,20,24). The molecular formula is C19H24N4O2. The van der Waals surface area contributed by atoms with Crippen molar-refractivity contribution in [3.8, 4) is 5.75 Å². The van der Waals surface area contributed by atoms with E-state index in [2.05, 4.69) is 27.3 Å². The second kappa shape index (κ2) is 7.96. The molecule has 1 aliphatic rings. The molecule has 1 aromatic heterocycles. The van der Waals surface area contributed by atoms with Gasteiger partial charge in [-0.1, -0.05) is 6.92 Å². The number of piperidine rings is 1. The zero-order chi connectivity index (χ0) is 17.6. The van der Waals surface area contributed by atoms with Gasteiger partial charge >= 0.3 is 0 Å². The molecule has 0 radical (unpaired) electrons. The Morgan fingerprint density at radius 2 is 2.04 bits per heavy atom. The van der Waals surface area contributed by atoms with E-state index in [9.17, 15) is 4.79 Å². The molecule has 1 saturated heterocycles. The van der Waals surface area contributed by atoms with Crippen molar-refractivity contribution in [2.24, 2.45) is 5.92 Å². The third kappa shape index (κ3) is 4.47. The number of amides is 1. The van der Waals surface area contributed by atoms with Gasteiger partial charge in [-0.25, -0.2) is 0 Å². The van der Waals surface area contributed by atoms with Gasteiger partial charge in [0.15, 0.2) is 11.5 Å². The summed E-state index contributed by atoms with van der Waals surface area (Å²) < 4.78 is 5.39. The lowest BCUT2D eigenvalue weighted by atomic mass is 10.0. The van der Waals surface area contributed by atoms with Crippen LogP contribution in [0.1, 0.15) is 37.2 Å². The van der Waals surface area contributed by atoms with Crippen molar-refractivity contribution < 1.29 is 9.53 Å². The first kappa shape index (κ1) is 17.2. The van der Waals surface area contributed by atoms with Crippen LogP contribution >= 0.6 is 0 Å². The Morgan fingerprint density at radius 1 is 1.24 bits per heavy atom. The van der Waals surface area contributed by atoms with Crippen LogP contribution in [0.5, 0.6) is 5.75 Å². The molecule has 25 heavy (non-hydrogen) atoms. The Hall–Kier alpha value is -2.63. The van der Waals surface area contributed by atoms with Crippen molar-refractivity contribution >= 4 is 17.4 Å². The van der Waals surface area contributed by atoms with Gasteiger partial charge in [0, 0.05) is 18.8 Å². The topological polar surface area (TPSA) is 67.3 Å². The molecule has 1 aliphatic heterocycles. The maximum Gasteiger partial charge on any atom is 0.276 e. The second-order valence-corrected chi connectivity index (χ2v) is 6.38. The van der Waals surface area contributed by atoms with Gasteiger partial charge in [0.25, 0.3) is 5.91 Å². The SMILES string of the molecule is CCOc1ccc(NC(=O)c2ccc(N3CCCC(C)C3)nn2)cc1. The fourth-order valence-electron chi connectivity index (χ4n) is 3.01. The summed E-state index contributed by atoms with van der Waals surface area (Å²) in [7, 11) is 0. The molecule has 2 heterocycles. The highest BCUT2D eigenvalue weighted by atomic mass is 16.5. The fraction of sp³-hybridized carbons (Fsp3) is 0.421. The Kier molecular flexibility index (Phi) is 5.48. The Morgan fingerprint density at radius 3 is 2.68 bits per heavy atom. The van der Waals surface area contributed by atoms with Crippen LogP contribution in [-0.4, -0.2) is 35.8 Å². The van der Waals surface area contributed by atoms with Crippen molar-refractivity contribution in [1.29, 1.82) is 0 Å². The first-order valence-electron chi connectivity index (χ1n) is 8.78. The van der Waals surface area contributed by atoms with Gasteiger partial charge in [-0.2, -0.15) is 0 Å². The maximum atomic E-state index is 12.3. The van der Waals surface area contributed by atoms with Gasteiger partial charge in [-0.15, -0.1) is 10.2 Å². The predicted octanol–water partition coefficient (Wildman–Crippen LogP) is 3.36. The van der Waals surface area contributed by atoms with Gasteiger partial charge < -0.3 is 15.0 Å². The number of rotatable bonds is 5. The summed E-state index contributed by atoms with van der Waals surface area (Å²) in [6.45, 7) is 6.79. The van der Waals surface area contributed by atoms with Gasteiger partial charge in [-0.05, 0) is 62.1 Å². The smallest absolute Gasteiger partial charge is 0.276 e. The molecule has 0 aliphatic carbocycles. The van der Waals surface area contributed by atoms with Crippen molar-refractivity contribution in [2.75, 3.05) is 29.9 Å². The van der Waals surface area contributed by atoms with Gasteiger partial charge in [0.05, 0.1) is 6.61 Å². The lowest BCUT2D eigenvalue weighted by Crippen LogP contribution is -2.35. The van der Waals surface area contributed by atoms with Crippen LogP contribution in [0.25, 0.3) is 0 Å². The van der Waals surface area contributed by atoms with Crippen LogP contribution < -0.4 is 15.0 Å². The minimum atomic E-state index is -0.268. The van der Waals surface area contributed by atoms with Crippen molar-refractivity contribution in [1.82, 2.24) is 10.2 Å². The molecule has 1 aromatic carbocycles. The highest BCUT2D eigenvalue weighted by molar-refractivity contribution is 6.02. The summed E-state index contributed by atoms with van der Waals surface area (Å²) in [6.07, 6.45) is 2.43. The van der Waals surface area contributed by atoms with Crippen molar-refractivity contribution in [2.45, 2.75) is 26.7 Å². The highest BCUT2D eigenvalue weighted by Gasteiger charge is 2.18. The van der Waals surface area contributed by atoms with Crippen LogP contribution in [0.4, 0.5) is 11.5 Å². The molecule has 1 fully saturated rings. The Balaban J connectivity index is 1.62. The van der Waals surface area contributed by atoms with E-state index in [4.69, 9.17) is 4.74 Å². The average Bonchev–Trinajstić information content (AvgIpc) is 2.64. The van der Waals surface area contributed by atoms with Crippen LogP contribution in [0.2, 0.25) is 0 Å². The molecule has 0 saturated carbocycles. The molecule has 0 bridgehead atoms. The van der Waals surface area contributed by atoms with Crippen LogP contribution in [-0.2, 0) is 0 Å².